The third kappa shape index (κ3) is 3.71. The van der Waals surface area contributed by atoms with Gasteiger partial charge in [0, 0.05) is 31.2 Å². The Hall–Kier alpha value is -2.08. The summed E-state index contributed by atoms with van der Waals surface area (Å²) in [5.41, 5.74) is 5.57. The molecule has 6 nitrogen and oxygen atoms in total. The summed E-state index contributed by atoms with van der Waals surface area (Å²) in [7, 11) is 0. The number of carbonyl (C=O) groups is 2. The quantitative estimate of drug-likeness (QED) is 0.810. The smallest absolute Gasteiger partial charge is 0.260 e. The maximum Gasteiger partial charge on any atom is 0.260 e. The van der Waals surface area contributed by atoms with Gasteiger partial charge < -0.3 is 20.7 Å². The van der Waals surface area contributed by atoms with Crippen LogP contribution in [-0.4, -0.2) is 49.0 Å². The van der Waals surface area contributed by atoms with Crippen LogP contribution in [0.5, 0.6) is 5.75 Å². The van der Waals surface area contributed by atoms with E-state index in [1.54, 1.807) is 29.2 Å². The molecule has 1 aliphatic heterocycles. The van der Waals surface area contributed by atoms with Crippen molar-refractivity contribution in [1.82, 2.24) is 10.2 Å². The molecule has 2 rings (SSSR count). The highest BCUT2D eigenvalue weighted by Gasteiger charge is 2.20. The number of rotatable bonds is 4. The van der Waals surface area contributed by atoms with Gasteiger partial charge in [-0.3, -0.25) is 9.59 Å². The summed E-state index contributed by atoms with van der Waals surface area (Å²) in [5.74, 6) is 0.0336. The summed E-state index contributed by atoms with van der Waals surface area (Å²) in [6, 6.07) is 6.73. The van der Waals surface area contributed by atoms with Gasteiger partial charge in [0.2, 0.25) is 5.91 Å². The second-order valence-corrected chi connectivity index (χ2v) is 4.87. The molecule has 1 atom stereocenters. The van der Waals surface area contributed by atoms with E-state index in [1.165, 1.54) is 0 Å². The fourth-order valence-electron chi connectivity index (χ4n) is 2.11. The molecule has 1 heterocycles. The molecule has 1 fully saturated rings. The number of amides is 2. The van der Waals surface area contributed by atoms with Gasteiger partial charge in [-0.15, -0.1) is 0 Å². The molecule has 108 valence electrons. The Morgan fingerprint density at radius 3 is 2.70 bits per heavy atom. The van der Waals surface area contributed by atoms with E-state index in [4.69, 9.17) is 10.5 Å². The predicted molar refractivity (Wildman–Crippen MR) is 74.5 cm³/mol. The third-order valence-electron chi connectivity index (χ3n) is 3.22. The molecule has 1 unspecified atom stereocenters. The van der Waals surface area contributed by atoms with Crippen molar-refractivity contribution in [3.63, 3.8) is 0 Å². The number of carbonyl (C=O) groups excluding carboxylic acids is 2. The van der Waals surface area contributed by atoms with E-state index in [0.717, 1.165) is 6.54 Å². The van der Waals surface area contributed by atoms with Crippen molar-refractivity contribution in [3.05, 3.63) is 29.8 Å². The zero-order chi connectivity index (χ0) is 14.5. The monoisotopic (exact) mass is 277 g/mol. The van der Waals surface area contributed by atoms with Gasteiger partial charge >= 0.3 is 0 Å². The zero-order valence-corrected chi connectivity index (χ0v) is 11.5. The first-order valence-electron chi connectivity index (χ1n) is 6.60. The first-order chi connectivity index (χ1) is 9.56. The van der Waals surface area contributed by atoms with Crippen LogP contribution in [0.2, 0.25) is 0 Å². The average molecular weight is 277 g/mol. The number of nitrogens with zero attached hydrogens (tertiary/aromatic N) is 1. The molecule has 0 bridgehead atoms. The highest BCUT2D eigenvalue weighted by molar-refractivity contribution is 5.92. The zero-order valence-electron chi connectivity index (χ0n) is 11.5. The fraction of sp³-hybridized carbons (Fsp3) is 0.429. The number of benzene rings is 1. The SMILES string of the molecule is CC1CN(C(=O)COc2ccc(C(N)=O)cc2)CCN1. The van der Waals surface area contributed by atoms with Crippen molar-refractivity contribution in [2.24, 2.45) is 5.73 Å². The van der Waals surface area contributed by atoms with Crippen molar-refractivity contribution in [3.8, 4) is 5.75 Å². The van der Waals surface area contributed by atoms with Crippen LogP contribution >= 0.6 is 0 Å². The molecule has 20 heavy (non-hydrogen) atoms. The first kappa shape index (κ1) is 14.3. The Kier molecular flexibility index (Phi) is 4.57. The van der Waals surface area contributed by atoms with Gasteiger partial charge in [0.1, 0.15) is 5.75 Å². The van der Waals surface area contributed by atoms with Crippen LogP contribution in [0.3, 0.4) is 0 Å². The Morgan fingerprint density at radius 2 is 2.10 bits per heavy atom. The van der Waals surface area contributed by atoms with Crippen LogP contribution in [0.15, 0.2) is 24.3 Å². The van der Waals surface area contributed by atoms with Crippen LogP contribution in [0.1, 0.15) is 17.3 Å². The normalized spacial score (nSPS) is 18.6. The Balaban J connectivity index is 1.85. The van der Waals surface area contributed by atoms with E-state index in [0.29, 0.717) is 30.4 Å². The largest absolute Gasteiger partial charge is 0.484 e. The Morgan fingerprint density at radius 1 is 1.40 bits per heavy atom. The maximum absolute atomic E-state index is 12.0. The molecule has 0 saturated carbocycles. The third-order valence-corrected chi connectivity index (χ3v) is 3.22. The molecular weight excluding hydrogens is 258 g/mol. The lowest BCUT2D eigenvalue weighted by atomic mass is 10.2. The van der Waals surface area contributed by atoms with E-state index < -0.39 is 5.91 Å². The molecular formula is C14H19N3O3. The molecule has 1 aromatic rings. The first-order valence-corrected chi connectivity index (χ1v) is 6.60. The number of ether oxygens (including phenoxy) is 1. The summed E-state index contributed by atoms with van der Waals surface area (Å²) in [6.07, 6.45) is 0. The summed E-state index contributed by atoms with van der Waals surface area (Å²) in [5, 5.41) is 3.28. The standard InChI is InChI=1S/C14H19N3O3/c1-10-8-17(7-6-16-10)13(18)9-20-12-4-2-11(3-5-12)14(15)19/h2-5,10,16H,6-9H2,1H3,(H2,15,19). The molecule has 1 saturated heterocycles. The van der Waals surface area contributed by atoms with Crippen molar-refractivity contribution in [1.29, 1.82) is 0 Å². The Bertz CT molecular complexity index is 487. The number of nitrogens with one attached hydrogen (secondary N) is 1. The summed E-state index contributed by atoms with van der Waals surface area (Å²) in [4.78, 5) is 24.7. The summed E-state index contributed by atoms with van der Waals surface area (Å²) >= 11 is 0. The van der Waals surface area contributed by atoms with Crippen molar-refractivity contribution < 1.29 is 14.3 Å². The molecule has 1 aromatic carbocycles. The van der Waals surface area contributed by atoms with E-state index in [2.05, 4.69) is 5.32 Å². The van der Waals surface area contributed by atoms with Crippen molar-refractivity contribution in [2.75, 3.05) is 26.2 Å². The lowest BCUT2D eigenvalue weighted by Gasteiger charge is -2.31. The topological polar surface area (TPSA) is 84.7 Å². The number of hydrogen-bond acceptors (Lipinski definition) is 4. The molecule has 2 amide bonds. The lowest BCUT2D eigenvalue weighted by Crippen LogP contribution is -2.52. The predicted octanol–water partition coefficient (Wildman–Crippen LogP) is -0.0154. The minimum absolute atomic E-state index is 0.00262. The van der Waals surface area contributed by atoms with Crippen LogP contribution < -0.4 is 15.8 Å². The molecule has 3 N–H and O–H groups in total. The van der Waals surface area contributed by atoms with Gasteiger partial charge in [-0.2, -0.15) is 0 Å². The minimum Gasteiger partial charge on any atom is -0.484 e. The minimum atomic E-state index is -0.484. The molecule has 0 spiro atoms. The number of nitrogens with two attached hydrogens (primary N) is 1. The van der Waals surface area contributed by atoms with Crippen LogP contribution in [0, 0.1) is 0 Å². The van der Waals surface area contributed by atoms with Crippen LogP contribution in [-0.2, 0) is 4.79 Å². The molecule has 0 aromatic heterocycles. The second-order valence-electron chi connectivity index (χ2n) is 4.87. The van der Waals surface area contributed by atoms with E-state index >= 15 is 0 Å². The van der Waals surface area contributed by atoms with Crippen molar-refractivity contribution in [2.45, 2.75) is 13.0 Å². The molecule has 0 radical (unpaired) electrons. The summed E-state index contributed by atoms with van der Waals surface area (Å²) in [6.45, 7) is 4.25. The number of piperazine rings is 1. The molecule has 1 aliphatic rings. The summed E-state index contributed by atoms with van der Waals surface area (Å²) < 4.78 is 5.43. The van der Waals surface area contributed by atoms with Gasteiger partial charge in [0.05, 0.1) is 0 Å². The highest BCUT2D eigenvalue weighted by atomic mass is 16.5. The Labute approximate surface area is 117 Å². The molecule has 6 heteroatoms. The fourth-order valence-corrected chi connectivity index (χ4v) is 2.11. The maximum atomic E-state index is 12.0. The van der Waals surface area contributed by atoms with E-state index in [-0.39, 0.29) is 12.5 Å². The average Bonchev–Trinajstić information content (AvgIpc) is 2.45. The van der Waals surface area contributed by atoms with Crippen LogP contribution in [0.25, 0.3) is 0 Å². The van der Waals surface area contributed by atoms with Crippen molar-refractivity contribution >= 4 is 11.8 Å². The van der Waals surface area contributed by atoms with Gasteiger partial charge in [0.15, 0.2) is 6.61 Å². The van der Waals surface area contributed by atoms with Gasteiger partial charge in [-0.1, -0.05) is 0 Å². The number of primary amides is 1. The second kappa shape index (κ2) is 6.38. The highest BCUT2D eigenvalue weighted by Crippen LogP contribution is 2.12. The lowest BCUT2D eigenvalue weighted by molar-refractivity contribution is -0.134. The molecule has 0 aliphatic carbocycles. The van der Waals surface area contributed by atoms with Gasteiger partial charge in [-0.05, 0) is 31.2 Å². The van der Waals surface area contributed by atoms with Gasteiger partial charge in [0.25, 0.3) is 5.91 Å². The van der Waals surface area contributed by atoms with E-state index in [9.17, 15) is 9.59 Å². The number of hydrogen-bond donors (Lipinski definition) is 2. The van der Waals surface area contributed by atoms with Crippen LogP contribution in [0.4, 0.5) is 0 Å². The van der Waals surface area contributed by atoms with Gasteiger partial charge in [-0.25, -0.2) is 0 Å². The van der Waals surface area contributed by atoms with E-state index in [1.807, 2.05) is 6.92 Å².